The van der Waals surface area contributed by atoms with Crippen LogP contribution in [-0.2, 0) is 0 Å². The van der Waals surface area contributed by atoms with Gasteiger partial charge in [0, 0.05) is 37.6 Å². The highest BCUT2D eigenvalue weighted by atomic mass is 16.7. The van der Waals surface area contributed by atoms with Gasteiger partial charge < -0.3 is 24.2 Å². The topological polar surface area (TPSA) is 58.1 Å². The molecule has 0 bridgehead atoms. The maximum atomic E-state index is 14.4. The summed E-state index contributed by atoms with van der Waals surface area (Å²) in [6.45, 7) is 4.39. The van der Waals surface area contributed by atoms with Gasteiger partial charge in [-0.15, -0.1) is 0 Å². The highest BCUT2D eigenvalue weighted by Crippen LogP contribution is 2.38. The van der Waals surface area contributed by atoms with Crippen molar-refractivity contribution >= 4 is 22.6 Å². The predicted molar refractivity (Wildman–Crippen MR) is 158 cm³/mol. The number of rotatable bonds is 6. The number of pyridine rings is 1. The zero-order chi connectivity index (χ0) is 27.1. The molecule has 1 aliphatic carbocycles. The van der Waals surface area contributed by atoms with Crippen LogP contribution in [0.4, 0.5) is 5.82 Å². The SMILES string of the molecule is CN(c1cc(C(=O)N2CCC[C@H]2CN2CCCC2)c2cc(-c3ccc4c(c3)OCO4)ccc2n1)C1CCCCC1. The Hall–Kier alpha value is -3.32. The van der Waals surface area contributed by atoms with Gasteiger partial charge in [0.15, 0.2) is 11.5 Å². The second-order valence-corrected chi connectivity index (χ2v) is 12.0. The van der Waals surface area contributed by atoms with Crippen LogP contribution in [0.1, 0.15) is 68.1 Å². The van der Waals surface area contributed by atoms with Crippen LogP contribution in [0.15, 0.2) is 42.5 Å². The Bertz CT molecular complexity index is 1400. The third-order valence-corrected chi connectivity index (χ3v) is 9.52. The molecule has 3 fully saturated rings. The van der Waals surface area contributed by atoms with Crippen LogP contribution >= 0.6 is 0 Å². The van der Waals surface area contributed by atoms with Crippen LogP contribution in [0.2, 0.25) is 0 Å². The maximum Gasteiger partial charge on any atom is 0.254 e. The minimum atomic E-state index is 0.148. The zero-order valence-electron chi connectivity index (χ0n) is 23.6. The third-order valence-electron chi connectivity index (χ3n) is 9.52. The monoisotopic (exact) mass is 540 g/mol. The predicted octanol–water partition coefficient (Wildman–Crippen LogP) is 6.10. The van der Waals surface area contributed by atoms with Crippen molar-refractivity contribution in [2.75, 3.05) is 44.9 Å². The molecule has 4 heterocycles. The van der Waals surface area contributed by atoms with Gasteiger partial charge in [0.05, 0.1) is 11.1 Å². The largest absolute Gasteiger partial charge is 0.454 e. The summed E-state index contributed by atoms with van der Waals surface area (Å²) in [5.41, 5.74) is 3.74. The summed E-state index contributed by atoms with van der Waals surface area (Å²) in [5, 5.41) is 0.924. The van der Waals surface area contributed by atoms with Crippen molar-refractivity contribution in [3.8, 4) is 22.6 Å². The Morgan fingerprint density at radius 2 is 1.65 bits per heavy atom. The summed E-state index contributed by atoms with van der Waals surface area (Å²) in [4.78, 5) is 26.6. The molecule has 7 rings (SSSR count). The Kier molecular flexibility index (Phi) is 7.00. The molecule has 210 valence electrons. The molecular formula is C33H40N4O3. The molecule has 2 saturated heterocycles. The lowest BCUT2D eigenvalue weighted by Gasteiger charge is -2.33. The van der Waals surface area contributed by atoms with Crippen molar-refractivity contribution < 1.29 is 14.3 Å². The Morgan fingerprint density at radius 3 is 2.50 bits per heavy atom. The Morgan fingerprint density at radius 1 is 0.875 bits per heavy atom. The average Bonchev–Trinajstić information content (AvgIpc) is 3.78. The molecule has 1 atom stereocenters. The van der Waals surface area contributed by atoms with E-state index in [1.165, 1.54) is 44.9 Å². The second kappa shape index (κ2) is 10.9. The van der Waals surface area contributed by atoms with Crippen molar-refractivity contribution in [2.45, 2.75) is 69.9 Å². The van der Waals surface area contributed by atoms with Gasteiger partial charge in [-0.3, -0.25) is 4.79 Å². The molecule has 4 aliphatic rings. The number of aromatic nitrogens is 1. The van der Waals surface area contributed by atoms with Gasteiger partial charge >= 0.3 is 0 Å². The fourth-order valence-electron chi connectivity index (χ4n) is 7.19. The van der Waals surface area contributed by atoms with Gasteiger partial charge in [-0.1, -0.05) is 31.4 Å². The third kappa shape index (κ3) is 4.89. The zero-order valence-corrected chi connectivity index (χ0v) is 23.6. The first-order chi connectivity index (χ1) is 19.6. The molecule has 3 aromatic rings. The minimum Gasteiger partial charge on any atom is -0.454 e. The lowest BCUT2D eigenvalue weighted by Crippen LogP contribution is -2.42. The summed E-state index contributed by atoms with van der Waals surface area (Å²) in [7, 11) is 2.16. The highest BCUT2D eigenvalue weighted by molar-refractivity contribution is 6.08. The van der Waals surface area contributed by atoms with Gasteiger partial charge in [0.25, 0.3) is 5.91 Å². The lowest BCUT2D eigenvalue weighted by molar-refractivity contribution is 0.0710. The molecule has 0 spiro atoms. The molecule has 2 aromatic carbocycles. The second-order valence-electron chi connectivity index (χ2n) is 12.0. The van der Waals surface area contributed by atoms with E-state index in [4.69, 9.17) is 14.5 Å². The molecule has 0 unspecified atom stereocenters. The summed E-state index contributed by atoms with van der Waals surface area (Å²) >= 11 is 0. The molecule has 0 N–H and O–H groups in total. The number of likely N-dealkylation sites (tertiary alicyclic amines) is 2. The number of carbonyl (C=O) groups excluding carboxylic acids is 1. The summed E-state index contributed by atoms with van der Waals surface area (Å²) < 4.78 is 11.2. The number of amides is 1. The fourth-order valence-corrected chi connectivity index (χ4v) is 7.19. The first-order valence-electron chi connectivity index (χ1n) is 15.2. The van der Waals surface area contributed by atoms with Crippen LogP contribution in [0.5, 0.6) is 11.5 Å². The molecule has 1 saturated carbocycles. The first-order valence-corrected chi connectivity index (χ1v) is 15.2. The number of hydrogen-bond acceptors (Lipinski definition) is 6. The van der Waals surface area contributed by atoms with Gasteiger partial charge in [0.2, 0.25) is 6.79 Å². The number of ether oxygens (including phenoxy) is 2. The molecule has 0 radical (unpaired) electrons. The molecular weight excluding hydrogens is 500 g/mol. The number of carbonyl (C=O) groups is 1. The molecule has 7 nitrogen and oxygen atoms in total. The van der Waals surface area contributed by atoms with E-state index in [2.05, 4.69) is 52.1 Å². The van der Waals surface area contributed by atoms with E-state index in [1.807, 2.05) is 12.1 Å². The van der Waals surface area contributed by atoms with Crippen molar-refractivity contribution in [3.63, 3.8) is 0 Å². The van der Waals surface area contributed by atoms with Gasteiger partial charge in [0.1, 0.15) is 5.82 Å². The average molecular weight is 541 g/mol. The number of nitrogens with zero attached hydrogens (tertiary/aromatic N) is 4. The van der Waals surface area contributed by atoms with Gasteiger partial charge in [-0.25, -0.2) is 4.98 Å². The van der Waals surface area contributed by atoms with Crippen molar-refractivity contribution in [3.05, 3.63) is 48.0 Å². The van der Waals surface area contributed by atoms with Gasteiger partial charge in [-0.2, -0.15) is 0 Å². The van der Waals surface area contributed by atoms with E-state index in [9.17, 15) is 4.79 Å². The Labute approximate surface area is 237 Å². The van der Waals surface area contributed by atoms with E-state index in [1.54, 1.807) is 0 Å². The number of anilines is 1. The number of benzene rings is 2. The summed E-state index contributed by atoms with van der Waals surface area (Å²) in [5.74, 6) is 2.60. The fraction of sp³-hybridized carbons (Fsp3) is 0.515. The molecule has 1 amide bonds. The van der Waals surface area contributed by atoms with Gasteiger partial charge in [-0.05, 0) is 93.1 Å². The minimum absolute atomic E-state index is 0.148. The van der Waals surface area contributed by atoms with Crippen molar-refractivity contribution in [1.82, 2.24) is 14.8 Å². The summed E-state index contributed by atoms with van der Waals surface area (Å²) in [6.07, 6.45) is 10.9. The summed E-state index contributed by atoms with van der Waals surface area (Å²) in [6, 6.07) is 15.2. The lowest BCUT2D eigenvalue weighted by atomic mass is 9.94. The first kappa shape index (κ1) is 25.6. The van der Waals surface area contributed by atoms with E-state index >= 15 is 0 Å². The molecule has 1 aromatic heterocycles. The van der Waals surface area contributed by atoms with Crippen LogP contribution in [0, 0.1) is 0 Å². The van der Waals surface area contributed by atoms with E-state index in [-0.39, 0.29) is 18.7 Å². The van der Waals surface area contributed by atoms with Crippen LogP contribution in [0.3, 0.4) is 0 Å². The molecule has 40 heavy (non-hydrogen) atoms. The van der Waals surface area contributed by atoms with Crippen molar-refractivity contribution in [2.24, 2.45) is 0 Å². The van der Waals surface area contributed by atoms with Crippen LogP contribution in [-0.4, -0.2) is 72.8 Å². The standard InChI is InChI=1S/C33H40N4O3/c1-35(25-8-3-2-4-9-25)32-20-28(33(38)37-17-7-10-26(37)21-36-15-5-6-16-36)27-18-23(11-13-29(27)34-32)24-12-14-30-31(19-24)40-22-39-30/h11-14,18-20,25-26H,2-10,15-17,21-22H2,1H3/t26-/m0/s1. The normalized spacial score (nSPS) is 21.4. The number of fused-ring (bicyclic) bond motifs is 2. The van der Waals surface area contributed by atoms with Crippen LogP contribution < -0.4 is 14.4 Å². The smallest absolute Gasteiger partial charge is 0.254 e. The molecule has 3 aliphatic heterocycles. The van der Waals surface area contributed by atoms with E-state index in [0.29, 0.717) is 6.04 Å². The van der Waals surface area contributed by atoms with Crippen LogP contribution in [0.25, 0.3) is 22.0 Å². The van der Waals surface area contributed by atoms with Crippen molar-refractivity contribution in [1.29, 1.82) is 0 Å². The molecule has 7 heteroatoms. The van der Waals surface area contributed by atoms with E-state index in [0.717, 1.165) is 83.9 Å². The Balaban J connectivity index is 1.28. The number of hydrogen-bond donors (Lipinski definition) is 0. The highest BCUT2D eigenvalue weighted by Gasteiger charge is 2.33. The maximum absolute atomic E-state index is 14.4. The van der Waals surface area contributed by atoms with E-state index < -0.39 is 0 Å². The quantitative estimate of drug-likeness (QED) is 0.377.